The van der Waals surface area contributed by atoms with Gasteiger partial charge in [0.15, 0.2) is 0 Å². The second-order valence-corrected chi connectivity index (χ2v) is 7.85. The Morgan fingerprint density at radius 3 is 2.43 bits per heavy atom. The van der Waals surface area contributed by atoms with E-state index in [1.54, 1.807) is 4.90 Å². The lowest BCUT2D eigenvalue weighted by atomic mass is 9.96. The first kappa shape index (κ1) is 18.7. The molecule has 1 saturated heterocycles. The van der Waals surface area contributed by atoms with E-state index in [0.717, 1.165) is 55.8 Å². The number of fused-ring (bicyclic) bond motifs is 1. The van der Waals surface area contributed by atoms with Gasteiger partial charge in [-0.25, -0.2) is 0 Å². The summed E-state index contributed by atoms with van der Waals surface area (Å²) < 4.78 is 0. The van der Waals surface area contributed by atoms with Gasteiger partial charge in [-0.05, 0) is 55.6 Å². The minimum atomic E-state index is 0.120. The maximum Gasteiger partial charge on any atom is 0.254 e. The summed E-state index contributed by atoms with van der Waals surface area (Å²) in [7, 11) is 1.83. The number of amides is 2. The Morgan fingerprint density at radius 2 is 1.71 bits per heavy atom. The standard InChI is InChI=1S/C23H27N3O2/c1-24(20-8-3-2-4-9-20)22(27)17-25-13-11-18(12-14-25)15-26-16-19-7-5-6-10-21(19)23(26)28/h2-10,18H,11-17H2,1H3. The van der Waals surface area contributed by atoms with Gasteiger partial charge in [0.1, 0.15) is 0 Å². The Balaban J connectivity index is 1.25. The molecule has 0 spiro atoms. The SMILES string of the molecule is CN(C(=O)CN1CCC(CN2Cc3ccccc3C2=O)CC1)c1ccccc1. The topological polar surface area (TPSA) is 43.9 Å². The molecule has 0 aromatic heterocycles. The molecule has 2 aromatic carbocycles. The average molecular weight is 377 g/mol. The Bertz CT molecular complexity index is 844. The maximum absolute atomic E-state index is 12.6. The number of carbonyl (C=O) groups excluding carboxylic acids is 2. The molecule has 5 nitrogen and oxygen atoms in total. The first-order chi connectivity index (χ1) is 13.6. The van der Waals surface area contributed by atoms with Crippen LogP contribution >= 0.6 is 0 Å². The van der Waals surface area contributed by atoms with Crippen LogP contribution in [-0.2, 0) is 11.3 Å². The van der Waals surface area contributed by atoms with Crippen LogP contribution in [0.3, 0.4) is 0 Å². The normalized spacial score (nSPS) is 17.6. The van der Waals surface area contributed by atoms with E-state index in [0.29, 0.717) is 12.5 Å². The van der Waals surface area contributed by atoms with Crippen molar-refractivity contribution in [2.24, 2.45) is 5.92 Å². The van der Waals surface area contributed by atoms with Crippen molar-refractivity contribution in [1.29, 1.82) is 0 Å². The molecule has 146 valence electrons. The third kappa shape index (κ3) is 3.94. The molecule has 0 aliphatic carbocycles. The van der Waals surface area contributed by atoms with E-state index < -0.39 is 0 Å². The van der Waals surface area contributed by atoms with Gasteiger partial charge in [0.25, 0.3) is 5.91 Å². The van der Waals surface area contributed by atoms with Crippen molar-refractivity contribution in [3.05, 3.63) is 65.7 Å². The Labute approximate surface area is 166 Å². The van der Waals surface area contributed by atoms with Crippen LogP contribution < -0.4 is 4.90 Å². The quantitative estimate of drug-likeness (QED) is 0.805. The number of hydrogen-bond donors (Lipinski definition) is 0. The number of nitrogens with zero attached hydrogens (tertiary/aromatic N) is 3. The highest BCUT2D eigenvalue weighted by atomic mass is 16.2. The molecule has 0 atom stereocenters. The summed E-state index contributed by atoms with van der Waals surface area (Å²) in [6.07, 6.45) is 2.06. The Hall–Kier alpha value is -2.66. The lowest BCUT2D eigenvalue weighted by Gasteiger charge is -2.34. The molecular weight excluding hydrogens is 350 g/mol. The molecule has 5 heteroatoms. The smallest absolute Gasteiger partial charge is 0.254 e. The monoisotopic (exact) mass is 377 g/mol. The molecule has 2 aliphatic heterocycles. The lowest BCUT2D eigenvalue weighted by Crippen LogP contribution is -2.44. The van der Waals surface area contributed by atoms with E-state index in [-0.39, 0.29) is 11.8 Å². The van der Waals surface area contributed by atoms with E-state index >= 15 is 0 Å². The van der Waals surface area contributed by atoms with Gasteiger partial charge in [-0.3, -0.25) is 14.5 Å². The van der Waals surface area contributed by atoms with Gasteiger partial charge in [0, 0.05) is 31.4 Å². The van der Waals surface area contributed by atoms with Gasteiger partial charge in [0.05, 0.1) is 6.54 Å². The summed E-state index contributed by atoms with van der Waals surface area (Å²) in [5.74, 6) is 0.795. The number of carbonyl (C=O) groups is 2. The molecule has 0 saturated carbocycles. The van der Waals surface area contributed by atoms with Gasteiger partial charge < -0.3 is 9.80 Å². The van der Waals surface area contributed by atoms with Crippen molar-refractivity contribution < 1.29 is 9.59 Å². The van der Waals surface area contributed by atoms with Gasteiger partial charge in [-0.1, -0.05) is 36.4 Å². The zero-order valence-corrected chi connectivity index (χ0v) is 16.4. The zero-order chi connectivity index (χ0) is 19.5. The predicted molar refractivity (Wildman–Crippen MR) is 110 cm³/mol. The summed E-state index contributed by atoms with van der Waals surface area (Å²) in [6, 6.07) is 17.7. The number of para-hydroxylation sites is 1. The highest BCUT2D eigenvalue weighted by Gasteiger charge is 2.30. The second-order valence-electron chi connectivity index (χ2n) is 7.85. The number of benzene rings is 2. The summed E-state index contributed by atoms with van der Waals surface area (Å²) in [5, 5.41) is 0. The number of rotatable bonds is 5. The highest BCUT2D eigenvalue weighted by Crippen LogP contribution is 2.26. The lowest BCUT2D eigenvalue weighted by molar-refractivity contribution is -0.119. The summed E-state index contributed by atoms with van der Waals surface area (Å²) in [4.78, 5) is 31.1. The predicted octanol–water partition coefficient (Wildman–Crippen LogP) is 3.02. The van der Waals surface area contributed by atoms with Crippen LogP contribution in [0, 0.1) is 5.92 Å². The van der Waals surface area contributed by atoms with Crippen LogP contribution in [0.1, 0.15) is 28.8 Å². The van der Waals surface area contributed by atoms with Crippen molar-refractivity contribution in [2.75, 3.05) is 38.1 Å². The van der Waals surface area contributed by atoms with Crippen LogP contribution in [0.25, 0.3) is 0 Å². The number of piperidine rings is 1. The zero-order valence-electron chi connectivity index (χ0n) is 16.4. The second kappa shape index (κ2) is 8.15. The van der Waals surface area contributed by atoms with Gasteiger partial charge in [-0.2, -0.15) is 0 Å². The minimum absolute atomic E-state index is 0.120. The summed E-state index contributed by atoms with van der Waals surface area (Å²) in [5.41, 5.74) is 2.92. The van der Waals surface area contributed by atoms with E-state index in [4.69, 9.17) is 0 Å². The third-order valence-corrected chi connectivity index (χ3v) is 5.96. The van der Waals surface area contributed by atoms with Crippen molar-refractivity contribution in [3.8, 4) is 0 Å². The third-order valence-electron chi connectivity index (χ3n) is 5.96. The fourth-order valence-corrected chi connectivity index (χ4v) is 4.19. The molecule has 1 fully saturated rings. The molecule has 2 amide bonds. The Morgan fingerprint density at radius 1 is 1.04 bits per heavy atom. The Kier molecular flexibility index (Phi) is 5.44. The van der Waals surface area contributed by atoms with Crippen LogP contribution in [-0.4, -0.2) is 54.8 Å². The van der Waals surface area contributed by atoms with Crippen LogP contribution in [0.5, 0.6) is 0 Å². The fourth-order valence-electron chi connectivity index (χ4n) is 4.19. The fraction of sp³-hybridized carbons (Fsp3) is 0.391. The minimum Gasteiger partial charge on any atom is -0.334 e. The molecule has 2 heterocycles. The van der Waals surface area contributed by atoms with Gasteiger partial charge in [-0.15, -0.1) is 0 Å². The molecule has 0 bridgehead atoms. The first-order valence-corrected chi connectivity index (χ1v) is 10.0. The van der Waals surface area contributed by atoms with Gasteiger partial charge in [0.2, 0.25) is 5.91 Å². The largest absolute Gasteiger partial charge is 0.334 e. The van der Waals surface area contributed by atoms with Crippen LogP contribution in [0.4, 0.5) is 5.69 Å². The van der Waals surface area contributed by atoms with E-state index in [9.17, 15) is 9.59 Å². The molecular formula is C23H27N3O2. The summed E-state index contributed by atoms with van der Waals surface area (Å²) >= 11 is 0. The molecule has 28 heavy (non-hydrogen) atoms. The van der Waals surface area contributed by atoms with Gasteiger partial charge >= 0.3 is 0 Å². The van der Waals surface area contributed by atoms with E-state index in [1.807, 2.05) is 66.5 Å². The maximum atomic E-state index is 12.6. The molecule has 0 N–H and O–H groups in total. The molecule has 2 aliphatic rings. The van der Waals surface area contributed by atoms with E-state index in [1.165, 1.54) is 0 Å². The molecule has 4 rings (SSSR count). The number of likely N-dealkylation sites (tertiary alicyclic amines) is 1. The highest BCUT2D eigenvalue weighted by molar-refractivity contribution is 5.98. The molecule has 0 unspecified atom stereocenters. The van der Waals surface area contributed by atoms with Crippen molar-refractivity contribution >= 4 is 17.5 Å². The number of likely N-dealkylation sites (N-methyl/N-ethyl adjacent to an activating group) is 1. The average Bonchev–Trinajstić information content (AvgIpc) is 3.05. The van der Waals surface area contributed by atoms with Crippen molar-refractivity contribution in [1.82, 2.24) is 9.80 Å². The van der Waals surface area contributed by atoms with Crippen molar-refractivity contribution in [3.63, 3.8) is 0 Å². The number of hydrogen-bond acceptors (Lipinski definition) is 3. The number of anilines is 1. The molecule has 0 radical (unpaired) electrons. The van der Waals surface area contributed by atoms with Crippen LogP contribution in [0.15, 0.2) is 54.6 Å². The first-order valence-electron chi connectivity index (χ1n) is 10.0. The summed E-state index contributed by atoms with van der Waals surface area (Å²) in [6.45, 7) is 3.82. The van der Waals surface area contributed by atoms with Crippen molar-refractivity contribution in [2.45, 2.75) is 19.4 Å². The molecule has 2 aromatic rings. The van der Waals surface area contributed by atoms with E-state index in [2.05, 4.69) is 4.90 Å². The van der Waals surface area contributed by atoms with Crippen LogP contribution in [0.2, 0.25) is 0 Å².